The molecular formula is C18H26N2O3. The summed E-state index contributed by atoms with van der Waals surface area (Å²) in [5.41, 5.74) is 0.808. The van der Waals surface area contributed by atoms with Crippen LogP contribution < -0.4 is 0 Å². The fourth-order valence-electron chi connectivity index (χ4n) is 3.84. The predicted molar refractivity (Wildman–Crippen MR) is 88.5 cm³/mol. The second-order valence-electron chi connectivity index (χ2n) is 7.02. The number of carbonyl (C=O) groups is 1. The summed E-state index contributed by atoms with van der Waals surface area (Å²) in [4.78, 5) is 15.6. The van der Waals surface area contributed by atoms with Gasteiger partial charge in [-0.25, -0.2) is 4.79 Å². The largest absolute Gasteiger partial charge is 0.478 e. The monoisotopic (exact) mass is 318 g/mol. The number of nitrogens with zero attached hydrogens (tertiary/aromatic N) is 2. The van der Waals surface area contributed by atoms with Crippen LogP contribution in [0.3, 0.4) is 0 Å². The lowest BCUT2D eigenvalue weighted by atomic mass is 9.92. The Kier molecular flexibility index (Phi) is 4.99. The summed E-state index contributed by atoms with van der Waals surface area (Å²) in [5, 5.41) is 19.9. The van der Waals surface area contributed by atoms with E-state index in [1.165, 1.54) is 12.8 Å². The topological polar surface area (TPSA) is 64.0 Å². The molecule has 126 valence electrons. The van der Waals surface area contributed by atoms with Crippen LogP contribution in [0.2, 0.25) is 0 Å². The standard InChI is InChI=1S/C18H26N2O3/c21-17(22)16-6-4-15(5-7-16)12-20-11-3-8-18(23,14-20)13-19-9-1-2-10-19/h4-7,23H,1-3,8-14H2,(H,21,22)/t18-/m1/s1. The third kappa shape index (κ3) is 4.31. The molecule has 2 heterocycles. The second kappa shape index (κ2) is 6.99. The number of β-amino-alcohol motifs (C(OH)–C–C–N with tert-alkyl or cyclic N) is 1. The van der Waals surface area contributed by atoms with Crippen LogP contribution >= 0.6 is 0 Å². The number of benzene rings is 1. The maximum atomic E-state index is 10.9. The Morgan fingerprint density at radius 2 is 1.70 bits per heavy atom. The molecule has 2 aliphatic heterocycles. The first-order valence-corrected chi connectivity index (χ1v) is 8.53. The van der Waals surface area contributed by atoms with Crippen LogP contribution in [-0.2, 0) is 6.54 Å². The van der Waals surface area contributed by atoms with Crippen LogP contribution in [-0.4, -0.2) is 64.3 Å². The molecule has 0 aliphatic carbocycles. The van der Waals surface area contributed by atoms with Gasteiger partial charge in [0.1, 0.15) is 0 Å². The molecule has 2 N–H and O–H groups in total. The highest BCUT2D eigenvalue weighted by molar-refractivity contribution is 5.87. The van der Waals surface area contributed by atoms with Crippen LogP contribution in [0.1, 0.15) is 41.6 Å². The maximum absolute atomic E-state index is 10.9. The van der Waals surface area contributed by atoms with Gasteiger partial charge in [-0.1, -0.05) is 12.1 Å². The molecule has 0 radical (unpaired) electrons. The van der Waals surface area contributed by atoms with Crippen molar-refractivity contribution in [3.05, 3.63) is 35.4 Å². The molecule has 2 aliphatic rings. The smallest absolute Gasteiger partial charge is 0.335 e. The molecule has 2 fully saturated rings. The summed E-state index contributed by atoms with van der Waals surface area (Å²) >= 11 is 0. The SMILES string of the molecule is O=C(O)c1ccc(CN2CCC[C@@](O)(CN3CCCC3)C2)cc1. The Bertz CT molecular complexity index is 540. The Morgan fingerprint density at radius 3 is 2.35 bits per heavy atom. The van der Waals surface area contributed by atoms with E-state index in [1.807, 2.05) is 12.1 Å². The van der Waals surface area contributed by atoms with Crippen molar-refractivity contribution in [2.75, 3.05) is 32.7 Å². The van der Waals surface area contributed by atoms with Crippen LogP contribution in [0.5, 0.6) is 0 Å². The van der Waals surface area contributed by atoms with Gasteiger partial charge in [0, 0.05) is 19.6 Å². The number of piperidine rings is 1. The summed E-state index contributed by atoms with van der Waals surface area (Å²) < 4.78 is 0. The van der Waals surface area contributed by atoms with Crippen molar-refractivity contribution >= 4 is 5.97 Å². The molecular weight excluding hydrogens is 292 g/mol. The molecule has 5 heteroatoms. The highest BCUT2D eigenvalue weighted by Crippen LogP contribution is 2.25. The Morgan fingerprint density at radius 1 is 1.04 bits per heavy atom. The molecule has 2 saturated heterocycles. The zero-order valence-corrected chi connectivity index (χ0v) is 13.6. The zero-order chi connectivity index (χ0) is 16.3. The number of carboxylic acids is 1. The lowest BCUT2D eigenvalue weighted by Crippen LogP contribution is -2.53. The highest BCUT2D eigenvalue weighted by Gasteiger charge is 2.35. The minimum absolute atomic E-state index is 0.318. The van der Waals surface area contributed by atoms with E-state index in [1.54, 1.807) is 12.1 Å². The first-order valence-electron chi connectivity index (χ1n) is 8.53. The second-order valence-corrected chi connectivity index (χ2v) is 7.02. The Balaban J connectivity index is 1.58. The van der Waals surface area contributed by atoms with Gasteiger partial charge < -0.3 is 15.1 Å². The first kappa shape index (κ1) is 16.4. The predicted octanol–water partition coefficient (Wildman–Crippen LogP) is 1.81. The van der Waals surface area contributed by atoms with Crippen molar-refractivity contribution in [2.24, 2.45) is 0 Å². The molecule has 1 aromatic rings. The molecule has 0 amide bonds. The lowest BCUT2D eigenvalue weighted by Gasteiger charge is -2.41. The van der Waals surface area contributed by atoms with Gasteiger partial charge in [-0.15, -0.1) is 0 Å². The van der Waals surface area contributed by atoms with E-state index in [2.05, 4.69) is 9.80 Å². The fourth-order valence-corrected chi connectivity index (χ4v) is 3.84. The highest BCUT2D eigenvalue weighted by atomic mass is 16.4. The maximum Gasteiger partial charge on any atom is 0.335 e. The number of likely N-dealkylation sites (tertiary alicyclic amines) is 2. The van der Waals surface area contributed by atoms with E-state index >= 15 is 0 Å². The molecule has 1 atom stereocenters. The summed E-state index contributed by atoms with van der Waals surface area (Å²) in [6.07, 6.45) is 4.38. The molecule has 0 spiro atoms. The summed E-state index contributed by atoms with van der Waals surface area (Å²) in [6.45, 7) is 5.45. The van der Waals surface area contributed by atoms with Crippen LogP contribution in [0.25, 0.3) is 0 Å². The van der Waals surface area contributed by atoms with Gasteiger partial charge in [0.05, 0.1) is 11.2 Å². The molecule has 0 unspecified atom stereocenters. The van der Waals surface area contributed by atoms with Crippen molar-refractivity contribution in [1.29, 1.82) is 0 Å². The third-order valence-electron chi connectivity index (χ3n) is 4.96. The molecule has 0 aromatic heterocycles. The minimum atomic E-state index is -0.894. The minimum Gasteiger partial charge on any atom is -0.478 e. The van der Waals surface area contributed by atoms with Crippen molar-refractivity contribution in [1.82, 2.24) is 9.80 Å². The van der Waals surface area contributed by atoms with Gasteiger partial charge in [0.25, 0.3) is 0 Å². The van der Waals surface area contributed by atoms with E-state index in [4.69, 9.17) is 5.11 Å². The van der Waals surface area contributed by atoms with E-state index in [9.17, 15) is 9.90 Å². The number of aliphatic hydroxyl groups is 1. The number of aromatic carboxylic acids is 1. The summed E-state index contributed by atoms with van der Waals surface area (Å²) in [5.74, 6) is -0.894. The van der Waals surface area contributed by atoms with Gasteiger partial charge in [0.2, 0.25) is 0 Å². The number of rotatable bonds is 5. The number of carboxylic acid groups (broad SMARTS) is 1. The van der Waals surface area contributed by atoms with Gasteiger partial charge in [-0.2, -0.15) is 0 Å². The molecule has 23 heavy (non-hydrogen) atoms. The molecule has 1 aromatic carbocycles. The van der Waals surface area contributed by atoms with Crippen molar-refractivity contribution in [2.45, 2.75) is 37.8 Å². The first-order chi connectivity index (χ1) is 11.0. The van der Waals surface area contributed by atoms with Crippen molar-refractivity contribution in [3.63, 3.8) is 0 Å². The van der Waals surface area contributed by atoms with Gasteiger partial charge in [0.15, 0.2) is 0 Å². The van der Waals surface area contributed by atoms with Gasteiger partial charge >= 0.3 is 5.97 Å². The molecule has 5 nitrogen and oxygen atoms in total. The van der Waals surface area contributed by atoms with Gasteiger partial charge in [-0.3, -0.25) is 4.90 Å². The van der Waals surface area contributed by atoms with E-state index < -0.39 is 11.6 Å². The van der Waals surface area contributed by atoms with Crippen LogP contribution in [0, 0.1) is 0 Å². The number of hydrogen-bond donors (Lipinski definition) is 2. The molecule has 3 rings (SSSR count). The normalized spacial score (nSPS) is 26.5. The van der Waals surface area contributed by atoms with Crippen molar-refractivity contribution in [3.8, 4) is 0 Å². The molecule has 0 bridgehead atoms. The average Bonchev–Trinajstić information content (AvgIpc) is 3.00. The summed E-state index contributed by atoms with van der Waals surface area (Å²) in [6, 6.07) is 7.05. The number of hydrogen-bond acceptors (Lipinski definition) is 4. The quantitative estimate of drug-likeness (QED) is 0.867. The molecule has 0 saturated carbocycles. The van der Waals surface area contributed by atoms with E-state index in [0.717, 1.165) is 51.1 Å². The average molecular weight is 318 g/mol. The van der Waals surface area contributed by atoms with Crippen LogP contribution in [0.4, 0.5) is 0 Å². The summed E-state index contributed by atoms with van der Waals surface area (Å²) in [7, 11) is 0. The zero-order valence-electron chi connectivity index (χ0n) is 13.6. The lowest BCUT2D eigenvalue weighted by molar-refractivity contribution is -0.0519. The van der Waals surface area contributed by atoms with Gasteiger partial charge in [-0.05, 0) is 63.0 Å². The third-order valence-corrected chi connectivity index (χ3v) is 4.96. The van der Waals surface area contributed by atoms with E-state index in [-0.39, 0.29) is 0 Å². The fraction of sp³-hybridized carbons (Fsp3) is 0.611. The van der Waals surface area contributed by atoms with Crippen LogP contribution in [0.15, 0.2) is 24.3 Å². The van der Waals surface area contributed by atoms with E-state index in [0.29, 0.717) is 12.1 Å². The Labute approximate surface area is 137 Å². The van der Waals surface area contributed by atoms with Crippen molar-refractivity contribution < 1.29 is 15.0 Å². The Hall–Kier alpha value is -1.43.